The standard InChI is InChI=1S/C11H10N4O/c1-7-3-4-9(16-7)11-12-6-5-10-13-8(2)14-15(10)11/h3-6H,1-2H3. The molecule has 3 heterocycles. The Morgan fingerprint density at radius 2 is 2.06 bits per heavy atom. The van der Waals surface area contributed by atoms with Gasteiger partial charge in [-0.2, -0.15) is 4.52 Å². The number of hydrogen-bond donors (Lipinski definition) is 0. The zero-order valence-electron chi connectivity index (χ0n) is 9.01. The molecule has 16 heavy (non-hydrogen) atoms. The van der Waals surface area contributed by atoms with E-state index in [1.165, 1.54) is 0 Å². The molecule has 0 aromatic carbocycles. The molecule has 0 N–H and O–H groups in total. The normalized spacial score (nSPS) is 11.1. The highest BCUT2D eigenvalue weighted by atomic mass is 16.3. The van der Waals surface area contributed by atoms with Gasteiger partial charge in [0.05, 0.1) is 0 Å². The Morgan fingerprint density at radius 3 is 2.81 bits per heavy atom. The van der Waals surface area contributed by atoms with Crippen molar-refractivity contribution in [1.82, 2.24) is 19.6 Å². The first-order valence-corrected chi connectivity index (χ1v) is 4.99. The molecule has 0 saturated heterocycles. The van der Waals surface area contributed by atoms with Gasteiger partial charge in [0.1, 0.15) is 11.6 Å². The number of fused-ring (bicyclic) bond motifs is 1. The third kappa shape index (κ3) is 1.29. The molecule has 0 aliphatic rings. The first kappa shape index (κ1) is 9.08. The summed E-state index contributed by atoms with van der Waals surface area (Å²) in [6.45, 7) is 3.75. The summed E-state index contributed by atoms with van der Waals surface area (Å²) in [5.74, 6) is 2.95. The lowest BCUT2D eigenvalue weighted by atomic mass is 10.4. The van der Waals surface area contributed by atoms with Crippen LogP contribution in [0.2, 0.25) is 0 Å². The zero-order chi connectivity index (χ0) is 11.1. The highest BCUT2D eigenvalue weighted by Gasteiger charge is 2.10. The van der Waals surface area contributed by atoms with Gasteiger partial charge in [-0.25, -0.2) is 9.97 Å². The lowest BCUT2D eigenvalue weighted by molar-refractivity contribution is 0.541. The number of aryl methyl sites for hydroxylation is 2. The van der Waals surface area contributed by atoms with Crippen molar-refractivity contribution in [3.05, 3.63) is 36.0 Å². The molecule has 0 aliphatic heterocycles. The molecular formula is C11H10N4O. The molecular weight excluding hydrogens is 204 g/mol. The summed E-state index contributed by atoms with van der Waals surface area (Å²) >= 11 is 0. The van der Waals surface area contributed by atoms with E-state index in [4.69, 9.17) is 4.42 Å². The van der Waals surface area contributed by atoms with Crippen LogP contribution in [0.25, 0.3) is 17.2 Å². The van der Waals surface area contributed by atoms with E-state index >= 15 is 0 Å². The summed E-state index contributed by atoms with van der Waals surface area (Å²) in [5.41, 5.74) is 0.775. The van der Waals surface area contributed by atoms with Crippen LogP contribution in [0.5, 0.6) is 0 Å². The average Bonchev–Trinajstić information content (AvgIpc) is 2.82. The fourth-order valence-electron chi connectivity index (χ4n) is 1.65. The maximum Gasteiger partial charge on any atom is 0.198 e. The molecule has 5 heteroatoms. The highest BCUT2D eigenvalue weighted by molar-refractivity contribution is 5.52. The molecule has 3 aromatic heterocycles. The van der Waals surface area contributed by atoms with Gasteiger partial charge in [-0.1, -0.05) is 0 Å². The van der Waals surface area contributed by atoms with Gasteiger partial charge in [0.25, 0.3) is 0 Å². The first-order chi connectivity index (χ1) is 7.74. The van der Waals surface area contributed by atoms with Gasteiger partial charge in [-0.3, -0.25) is 0 Å². The minimum atomic E-state index is 0.672. The lowest BCUT2D eigenvalue weighted by Gasteiger charge is -1.98. The molecule has 0 aliphatic carbocycles. The summed E-state index contributed by atoms with van der Waals surface area (Å²) in [4.78, 5) is 8.55. The predicted molar refractivity (Wildman–Crippen MR) is 58.0 cm³/mol. The molecule has 0 spiro atoms. The number of furan rings is 1. The van der Waals surface area contributed by atoms with Crippen LogP contribution >= 0.6 is 0 Å². The van der Waals surface area contributed by atoms with Crippen LogP contribution in [0.1, 0.15) is 11.6 Å². The van der Waals surface area contributed by atoms with Crippen molar-refractivity contribution >= 4 is 5.65 Å². The Kier molecular flexibility index (Phi) is 1.80. The summed E-state index contributed by atoms with van der Waals surface area (Å²) in [5, 5.41) is 4.28. The molecule has 0 radical (unpaired) electrons. The van der Waals surface area contributed by atoms with Gasteiger partial charge in [0.15, 0.2) is 17.2 Å². The predicted octanol–water partition coefficient (Wildman–Crippen LogP) is 2.00. The van der Waals surface area contributed by atoms with Crippen LogP contribution in [0.15, 0.2) is 28.8 Å². The summed E-state index contributed by atoms with van der Waals surface area (Å²) < 4.78 is 7.22. The second-order valence-corrected chi connectivity index (χ2v) is 3.61. The fraction of sp³-hybridized carbons (Fsp3) is 0.182. The van der Waals surface area contributed by atoms with Crippen molar-refractivity contribution in [3.63, 3.8) is 0 Å². The van der Waals surface area contributed by atoms with Crippen LogP contribution in [0, 0.1) is 13.8 Å². The molecule has 80 valence electrons. The Bertz CT molecular complexity index is 653. The number of rotatable bonds is 1. The van der Waals surface area contributed by atoms with Gasteiger partial charge in [0, 0.05) is 12.3 Å². The van der Waals surface area contributed by atoms with E-state index in [0.29, 0.717) is 11.6 Å². The SMILES string of the molecule is Cc1nc2ccnc(-c3ccc(C)o3)n2n1. The summed E-state index contributed by atoms with van der Waals surface area (Å²) in [7, 11) is 0. The zero-order valence-corrected chi connectivity index (χ0v) is 9.01. The summed E-state index contributed by atoms with van der Waals surface area (Å²) in [6.07, 6.45) is 1.70. The molecule has 0 unspecified atom stereocenters. The van der Waals surface area contributed by atoms with Crippen LogP contribution in [0.3, 0.4) is 0 Å². The van der Waals surface area contributed by atoms with Crippen molar-refractivity contribution < 1.29 is 4.42 Å². The third-order valence-electron chi connectivity index (χ3n) is 2.32. The van der Waals surface area contributed by atoms with E-state index in [2.05, 4.69) is 15.1 Å². The Hall–Kier alpha value is -2.17. The number of hydrogen-bond acceptors (Lipinski definition) is 4. The van der Waals surface area contributed by atoms with E-state index < -0.39 is 0 Å². The van der Waals surface area contributed by atoms with E-state index in [0.717, 1.165) is 17.2 Å². The Balaban J connectivity index is 2.30. The van der Waals surface area contributed by atoms with Crippen molar-refractivity contribution in [2.45, 2.75) is 13.8 Å². The van der Waals surface area contributed by atoms with Crippen molar-refractivity contribution in [2.75, 3.05) is 0 Å². The average molecular weight is 214 g/mol. The summed E-state index contributed by atoms with van der Waals surface area (Å²) in [6, 6.07) is 5.60. The molecule has 3 rings (SSSR count). The molecule has 5 nitrogen and oxygen atoms in total. The molecule has 0 bridgehead atoms. The maximum atomic E-state index is 5.54. The Labute approximate surface area is 91.8 Å². The van der Waals surface area contributed by atoms with Crippen LogP contribution in [-0.2, 0) is 0 Å². The second-order valence-electron chi connectivity index (χ2n) is 3.61. The molecule has 0 amide bonds. The quantitative estimate of drug-likeness (QED) is 0.621. The molecule has 0 fully saturated rings. The monoisotopic (exact) mass is 214 g/mol. The largest absolute Gasteiger partial charge is 0.458 e. The first-order valence-electron chi connectivity index (χ1n) is 4.99. The third-order valence-corrected chi connectivity index (χ3v) is 2.32. The van der Waals surface area contributed by atoms with Gasteiger partial charge >= 0.3 is 0 Å². The van der Waals surface area contributed by atoms with Gasteiger partial charge in [-0.15, -0.1) is 5.10 Å². The minimum Gasteiger partial charge on any atom is -0.458 e. The van der Waals surface area contributed by atoms with Crippen LogP contribution in [-0.4, -0.2) is 19.6 Å². The maximum absolute atomic E-state index is 5.54. The van der Waals surface area contributed by atoms with Crippen molar-refractivity contribution in [2.24, 2.45) is 0 Å². The lowest BCUT2D eigenvalue weighted by Crippen LogP contribution is -1.96. The number of aromatic nitrogens is 4. The number of nitrogens with zero attached hydrogens (tertiary/aromatic N) is 4. The van der Waals surface area contributed by atoms with Gasteiger partial charge < -0.3 is 4.42 Å². The topological polar surface area (TPSA) is 56.2 Å². The van der Waals surface area contributed by atoms with E-state index in [9.17, 15) is 0 Å². The fourth-order valence-corrected chi connectivity index (χ4v) is 1.65. The van der Waals surface area contributed by atoms with Crippen LogP contribution < -0.4 is 0 Å². The molecule has 0 saturated carbocycles. The second kappa shape index (κ2) is 3.16. The van der Waals surface area contributed by atoms with Crippen molar-refractivity contribution in [3.8, 4) is 11.6 Å². The van der Waals surface area contributed by atoms with E-state index in [1.54, 1.807) is 10.7 Å². The Morgan fingerprint density at radius 1 is 1.19 bits per heavy atom. The minimum absolute atomic E-state index is 0.672. The van der Waals surface area contributed by atoms with Gasteiger partial charge in [-0.05, 0) is 26.0 Å². The van der Waals surface area contributed by atoms with Crippen LogP contribution in [0.4, 0.5) is 0 Å². The van der Waals surface area contributed by atoms with E-state index in [1.807, 2.05) is 32.0 Å². The molecule has 3 aromatic rings. The highest BCUT2D eigenvalue weighted by Crippen LogP contribution is 2.19. The van der Waals surface area contributed by atoms with E-state index in [-0.39, 0.29) is 0 Å². The smallest absolute Gasteiger partial charge is 0.198 e. The van der Waals surface area contributed by atoms with Crippen molar-refractivity contribution in [1.29, 1.82) is 0 Å². The molecule has 0 atom stereocenters. The van der Waals surface area contributed by atoms with Gasteiger partial charge in [0.2, 0.25) is 0 Å².